The van der Waals surface area contributed by atoms with Crippen LogP contribution in [-0.2, 0) is 27.3 Å². The van der Waals surface area contributed by atoms with Crippen molar-refractivity contribution < 1.29 is 14.3 Å². The molecular weight excluding hydrogens is 416 g/mol. The van der Waals surface area contributed by atoms with Gasteiger partial charge in [-0.3, -0.25) is 4.79 Å². The number of ether oxygens (including phenoxy) is 2. The molecule has 8 heteroatoms. The van der Waals surface area contributed by atoms with Gasteiger partial charge in [0.15, 0.2) is 0 Å². The maximum Gasteiger partial charge on any atom is 0.228 e. The largest absolute Gasteiger partial charge is 0.381 e. The molecule has 0 unspecified atom stereocenters. The predicted molar refractivity (Wildman–Crippen MR) is 119 cm³/mol. The molecule has 3 heterocycles. The molecule has 1 atom stereocenters. The summed E-state index contributed by atoms with van der Waals surface area (Å²) in [4.78, 5) is 26.5. The zero-order valence-electron chi connectivity index (χ0n) is 18.1. The number of hydrogen-bond acceptors (Lipinski definition) is 6. The summed E-state index contributed by atoms with van der Waals surface area (Å²) >= 11 is 6.06. The van der Waals surface area contributed by atoms with Crippen molar-refractivity contribution in [2.75, 3.05) is 51.4 Å². The van der Waals surface area contributed by atoms with Crippen molar-refractivity contribution in [2.45, 2.75) is 26.4 Å². The van der Waals surface area contributed by atoms with Crippen LogP contribution in [0, 0.1) is 12.8 Å². The molecule has 0 aliphatic carbocycles. The minimum absolute atomic E-state index is 0.0154. The Balaban J connectivity index is 1.55. The molecule has 31 heavy (non-hydrogen) atoms. The number of aromatic nitrogens is 2. The lowest BCUT2D eigenvalue weighted by atomic mass is 10.0. The summed E-state index contributed by atoms with van der Waals surface area (Å²) in [5.41, 5.74) is 3.12. The molecule has 2 aliphatic rings. The van der Waals surface area contributed by atoms with Crippen molar-refractivity contribution in [1.29, 1.82) is 0 Å². The molecule has 7 nitrogen and oxygen atoms in total. The van der Waals surface area contributed by atoms with E-state index in [1.807, 2.05) is 36.1 Å². The quantitative estimate of drug-likeness (QED) is 0.682. The second kappa shape index (κ2) is 9.94. The minimum Gasteiger partial charge on any atom is -0.381 e. The van der Waals surface area contributed by atoms with Crippen LogP contribution in [0.4, 0.5) is 5.82 Å². The van der Waals surface area contributed by atoms with Crippen LogP contribution in [0.5, 0.6) is 0 Å². The van der Waals surface area contributed by atoms with E-state index in [0.717, 1.165) is 53.0 Å². The summed E-state index contributed by atoms with van der Waals surface area (Å²) in [5, 5.41) is 0.717. The van der Waals surface area contributed by atoms with Crippen LogP contribution in [0.15, 0.2) is 24.3 Å². The number of methoxy groups -OCH3 is 1. The Labute approximate surface area is 188 Å². The SMILES string of the molecule is COCc1nc(C)nc(N2CCN(C(=O)[C@@H]3CCOC3)CC2)c1Cc1ccc(Cl)cc1. The first-order chi connectivity index (χ1) is 15.0. The van der Waals surface area contributed by atoms with Crippen LogP contribution in [0.25, 0.3) is 0 Å². The first-order valence-electron chi connectivity index (χ1n) is 10.8. The molecule has 2 aliphatic heterocycles. The Kier molecular flexibility index (Phi) is 7.05. The van der Waals surface area contributed by atoms with E-state index in [9.17, 15) is 4.79 Å². The molecule has 0 spiro atoms. The normalized spacial score (nSPS) is 19.1. The third-order valence-electron chi connectivity index (χ3n) is 5.93. The number of carbonyl (C=O) groups excluding carboxylic acids is 1. The van der Waals surface area contributed by atoms with Crippen molar-refractivity contribution >= 4 is 23.3 Å². The molecule has 0 saturated carbocycles. The molecule has 1 aromatic carbocycles. The number of aryl methyl sites for hydroxylation is 1. The Morgan fingerprint density at radius 3 is 2.58 bits per heavy atom. The topological polar surface area (TPSA) is 67.8 Å². The van der Waals surface area contributed by atoms with Crippen molar-refractivity contribution in [3.8, 4) is 0 Å². The summed E-state index contributed by atoms with van der Waals surface area (Å²) in [6.45, 7) is 6.46. The van der Waals surface area contributed by atoms with Crippen LogP contribution in [0.2, 0.25) is 5.02 Å². The smallest absolute Gasteiger partial charge is 0.228 e. The van der Waals surface area contributed by atoms with Gasteiger partial charge in [0.05, 0.1) is 24.8 Å². The third kappa shape index (κ3) is 5.17. The average Bonchev–Trinajstić information content (AvgIpc) is 3.31. The van der Waals surface area contributed by atoms with Gasteiger partial charge in [-0.25, -0.2) is 9.97 Å². The highest BCUT2D eigenvalue weighted by atomic mass is 35.5. The number of nitrogens with zero attached hydrogens (tertiary/aromatic N) is 4. The molecule has 2 aromatic rings. The van der Waals surface area contributed by atoms with Gasteiger partial charge in [0.1, 0.15) is 11.6 Å². The molecule has 2 fully saturated rings. The standard InChI is InChI=1S/C23H29ClN4O3/c1-16-25-21(15-30-2)20(13-17-3-5-19(24)6-4-17)22(26-16)27-8-10-28(11-9-27)23(29)18-7-12-31-14-18/h3-6,18H,7-15H2,1-2H3/t18-/m1/s1. The van der Waals surface area contributed by atoms with Crippen LogP contribution in [0.3, 0.4) is 0 Å². The highest BCUT2D eigenvalue weighted by Gasteiger charge is 2.31. The van der Waals surface area contributed by atoms with Gasteiger partial charge in [-0.1, -0.05) is 23.7 Å². The summed E-state index contributed by atoms with van der Waals surface area (Å²) in [6, 6.07) is 7.86. The monoisotopic (exact) mass is 444 g/mol. The summed E-state index contributed by atoms with van der Waals surface area (Å²) < 4.78 is 10.8. The lowest BCUT2D eigenvalue weighted by molar-refractivity contribution is -0.135. The predicted octanol–water partition coefficient (Wildman–Crippen LogP) is 2.86. The van der Waals surface area contributed by atoms with Gasteiger partial charge >= 0.3 is 0 Å². The van der Waals surface area contributed by atoms with E-state index in [2.05, 4.69) is 9.88 Å². The van der Waals surface area contributed by atoms with Gasteiger partial charge in [-0.15, -0.1) is 0 Å². The Bertz CT molecular complexity index is 908. The summed E-state index contributed by atoms with van der Waals surface area (Å²) in [7, 11) is 1.68. The van der Waals surface area contributed by atoms with Crippen LogP contribution in [-0.4, -0.2) is 67.3 Å². The van der Waals surface area contributed by atoms with E-state index in [1.165, 1.54) is 0 Å². The molecule has 0 bridgehead atoms. The molecule has 4 rings (SSSR count). The number of carbonyl (C=O) groups is 1. The highest BCUT2D eigenvalue weighted by Crippen LogP contribution is 2.27. The average molecular weight is 445 g/mol. The molecule has 0 N–H and O–H groups in total. The number of halogens is 1. The highest BCUT2D eigenvalue weighted by molar-refractivity contribution is 6.30. The fraction of sp³-hybridized carbons (Fsp3) is 0.522. The number of benzene rings is 1. The molecule has 1 amide bonds. The Morgan fingerprint density at radius 2 is 1.94 bits per heavy atom. The Hall–Kier alpha value is -2.22. The van der Waals surface area contributed by atoms with Gasteiger partial charge in [-0.2, -0.15) is 0 Å². The first-order valence-corrected chi connectivity index (χ1v) is 11.1. The fourth-order valence-electron chi connectivity index (χ4n) is 4.27. The molecule has 2 saturated heterocycles. The maximum absolute atomic E-state index is 12.7. The lowest BCUT2D eigenvalue weighted by Crippen LogP contribution is -2.51. The van der Waals surface area contributed by atoms with Crippen molar-refractivity contribution in [2.24, 2.45) is 5.92 Å². The van der Waals surface area contributed by atoms with Gasteiger partial charge in [0, 0.05) is 56.9 Å². The minimum atomic E-state index is 0.0154. The number of amides is 1. The number of rotatable bonds is 6. The van der Waals surface area contributed by atoms with E-state index in [-0.39, 0.29) is 11.8 Å². The first kappa shape index (κ1) is 22.0. The second-order valence-electron chi connectivity index (χ2n) is 8.13. The van der Waals surface area contributed by atoms with E-state index >= 15 is 0 Å². The van der Waals surface area contributed by atoms with E-state index in [0.29, 0.717) is 39.3 Å². The van der Waals surface area contributed by atoms with Gasteiger partial charge in [0.2, 0.25) is 5.91 Å². The van der Waals surface area contributed by atoms with E-state index in [1.54, 1.807) is 7.11 Å². The van der Waals surface area contributed by atoms with Crippen molar-refractivity contribution in [3.63, 3.8) is 0 Å². The van der Waals surface area contributed by atoms with Crippen molar-refractivity contribution in [1.82, 2.24) is 14.9 Å². The lowest BCUT2D eigenvalue weighted by Gasteiger charge is -2.37. The zero-order valence-corrected chi connectivity index (χ0v) is 18.9. The van der Waals surface area contributed by atoms with Crippen LogP contribution < -0.4 is 4.90 Å². The number of piperazine rings is 1. The van der Waals surface area contributed by atoms with Gasteiger partial charge in [-0.05, 0) is 31.0 Å². The maximum atomic E-state index is 12.7. The Morgan fingerprint density at radius 1 is 1.19 bits per heavy atom. The molecule has 166 valence electrons. The van der Waals surface area contributed by atoms with Crippen molar-refractivity contribution in [3.05, 3.63) is 51.9 Å². The molecular formula is C23H29ClN4O3. The third-order valence-corrected chi connectivity index (χ3v) is 6.18. The van der Waals surface area contributed by atoms with Crippen LogP contribution >= 0.6 is 11.6 Å². The van der Waals surface area contributed by atoms with Crippen LogP contribution in [0.1, 0.15) is 29.1 Å². The summed E-state index contributed by atoms with van der Waals surface area (Å²) in [5.74, 6) is 1.90. The molecule has 1 aromatic heterocycles. The van der Waals surface area contributed by atoms with E-state index < -0.39 is 0 Å². The fourth-order valence-corrected chi connectivity index (χ4v) is 4.39. The second-order valence-corrected chi connectivity index (χ2v) is 8.57. The molecule has 0 radical (unpaired) electrons. The number of hydrogen-bond donors (Lipinski definition) is 0. The van der Waals surface area contributed by atoms with Gasteiger partial charge < -0.3 is 19.3 Å². The van der Waals surface area contributed by atoms with Gasteiger partial charge in [0.25, 0.3) is 0 Å². The summed E-state index contributed by atoms with van der Waals surface area (Å²) in [6.07, 6.45) is 1.53. The number of anilines is 1. The van der Waals surface area contributed by atoms with E-state index in [4.69, 9.17) is 26.1 Å². The zero-order chi connectivity index (χ0) is 21.8.